The summed E-state index contributed by atoms with van der Waals surface area (Å²) >= 11 is 0. The molecule has 0 N–H and O–H groups in total. The lowest BCUT2D eigenvalue weighted by Crippen LogP contribution is -2.36. The number of carbonyl (C=O) groups is 1. The van der Waals surface area contributed by atoms with Crippen molar-refractivity contribution >= 4 is 5.91 Å². The maximum absolute atomic E-state index is 13.6. The minimum atomic E-state index is -0.0976. The quantitative estimate of drug-likeness (QED) is 0.317. The first-order chi connectivity index (χ1) is 15.7. The monoisotopic (exact) mass is 432 g/mol. The lowest BCUT2D eigenvalue weighted by atomic mass is 9.94. The molecule has 0 aliphatic heterocycles. The Labute approximate surface area is 192 Å². The van der Waals surface area contributed by atoms with E-state index >= 15 is 0 Å². The second-order valence-electron chi connectivity index (χ2n) is 8.32. The summed E-state index contributed by atoms with van der Waals surface area (Å²) in [6.07, 6.45) is 6.21. The van der Waals surface area contributed by atoms with Gasteiger partial charge in [0.05, 0.1) is 19.6 Å². The summed E-state index contributed by atoms with van der Waals surface area (Å²) in [5.41, 5.74) is 3.44. The predicted octanol–water partition coefficient (Wildman–Crippen LogP) is 6.26. The Morgan fingerprint density at radius 1 is 1.00 bits per heavy atom. The van der Waals surface area contributed by atoms with Crippen molar-refractivity contribution in [3.05, 3.63) is 89.7 Å². The molecular weight excluding hydrogens is 396 g/mol. The van der Waals surface area contributed by atoms with Crippen LogP contribution < -0.4 is 4.74 Å². The fourth-order valence-electron chi connectivity index (χ4n) is 4.19. The van der Waals surface area contributed by atoms with Crippen LogP contribution in [0.1, 0.15) is 62.3 Å². The Morgan fingerprint density at radius 3 is 2.53 bits per heavy atom. The Morgan fingerprint density at radius 2 is 1.81 bits per heavy atom. The van der Waals surface area contributed by atoms with Gasteiger partial charge in [-0.15, -0.1) is 0 Å². The SMILES string of the molecule is CCCCCN(Cc1cccn1Cc1cccc(OC)c1)C(=O)[C@H](CC)c1ccccc1. The Kier molecular flexibility index (Phi) is 8.97. The molecule has 0 saturated carbocycles. The molecule has 170 valence electrons. The molecule has 1 atom stereocenters. The molecule has 32 heavy (non-hydrogen) atoms. The van der Waals surface area contributed by atoms with E-state index in [4.69, 9.17) is 4.74 Å². The molecule has 0 fully saturated rings. The number of carbonyl (C=O) groups excluding carboxylic acids is 1. The molecule has 2 aromatic carbocycles. The van der Waals surface area contributed by atoms with Crippen LogP contribution in [0.25, 0.3) is 0 Å². The van der Waals surface area contributed by atoms with Gasteiger partial charge in [0.2, 0.25) is 5.91 Å². The number of hydrogen-bond acceptors (Lipinski definition) is 2. The summed E-state index contributed by atoms with van der Waals surface area (Å²) in [6, 6.07) is 22.5. The number of amides is 1. The first-order valence-electron chi connectivity index (χ1n) is 11.8. The van der Waals surface area contributed by atoms with Gasteiger partial charge in [0.25, 0.3) is 0 Å². The summed E-state index contributed by atoms with van der Waals surface area (Å²) in [6.45, 7) is 6.48. The minimum Gasteiger partial charge on any atom is -0.497 e. The Hall–Kier alpha value is -3.01. The summed E-state index contributed by atoms with van der Waals surface area (Å²) < 4.78 is 7.61. The van der Waals surface area contributed by atoms with Crippen molar-refractivity contribution in [2.24, 2.45) is 0 Å². The van der Waals surface area contributed by atoms with E-state index in [9.17, 15) is 4.79 Å². The van der Waals surface area contributed by atoms with Crippen LogP contribution in [0, 0.1) is 0 Å². The van der Waals surface area contributed by atoms with E-state index in [2.05, 4.69) is 65.9 Å². The van der Waals surface area contributed by atoms with Gasteiger partial charge >= 0.3 is 0 Å². The molecule has 1 heterocycles. The molecule has 3 aromatic rings. The molecule has 4 heteroatoms. The number of unbranched alkanes of at least 4 members (excludes halogenated alkanes) is 2. The van der Waals surface area contributed by atoms with E-state index < -0.39 is 0 Å². The maximum atomic E-state index is 13.6. The summed E-state index contributed by atoms with van der Waals surface area (Å²) in [4.78, 5) is 15.7. The topological polar surface area (TPSA) is 34.5 Å². The van der Waals surface area contributed by atoms with Crippen LogP contribution >= 0.6 is 0 Å². The third-order valence-corrected chi connectivity index (χ3v) is 6.02. The normalized spacial score (nSPS) is 11.8. The molecule has 0 radical (unpaired) electrons. The number of rotatable bonds is 12. The van der Waals surface area contributed by atoms with Crippen LogP contribution in [0.5, 0.6) is 5.75 Å². The molecule has 0 saturated heterocycles. The first kappa shape index (κ1) is 23.6. The van der Waals surface area contributed by atoms with Crippen LogP contribution in [0.15, 0.2) is 72.9 Å². The standard InChI is InChI=1S/C28H36N2O2/c1-4-6-10-18-30(28(31)27(5-2)24-14-8-7-9-15-24)22-25-16-12-19-29(25)21-23-13-11-17-26(20-23)32-3/h7-9,11-17,19-20,27H,4-6,10,18,21-22H2,1-3H3/t27-/m1/s1. The van der Waals surface area contributed by atoms with Gasteiger partial charge in [0, 0.05) is 25.0 Å². The van der Waals surface area contributed by atoms with Crippen molar-refractivity contribution in [1.29, 1.82) is 0 Å². The van der Waals surface area contributed by atoms with Crippen molar-refractivity contribution in [3.63, 3.8) is 0 Å². The maximum Gasteiger partial charge on any atom is 0.230 e. The number of ether oxygens (including phenoxy) is 1. The second-order valence-corrected chi connectivity index (χ2v) is 8.32. The van der Waals surface area contributed by atoms with Crippen LogP contribution in [0.4, 0.5) is 0 Å². The highest BCUT2D eigenvalue weighted by Gasteiger charge is 2.25. The van der Waals surface area contributed by atoms with Gasteiger partial charge in [-0.2, -0.15) is 0 Å². The van der Waals surface area contributed by atoms with E-state index in [-0.39, 0.29) is 11.8 Å². The van der Waals surface area contributed by atoms with Crippen molar-refractivity contribution < 1.29 is 9.53 Å². The van der Waals surface area contributed by atoms with E-state index in [1.165, 1.54) is 5.56 Å². The lowest BCUT2D eigenvalue weighted by molar-refractivity contribution is -0.133. The second kappa shape index (κ2) is 12.1. The average Bonchev–Trinajstić information content (AvgIpc) is 3.26. The van der Waals surface area contributed by atoms with Gasteiger partial charge in [-0.25, -0.2) is 0 Å². The molecule has 0 bridgehead atoms. The van der Waals surface area contributed by atoms with Crippen LogP contribution in [-0.2, 0) is 17.9 Å². The first-order valence-corrected chi connectivity index (χ1v) is 11.8. The van der Waals surface area contributed by atoms with Crippen molar-refractivity contribution in [3.8, 4) is 5.75 Å². The van der Waals surface area contributed by atoms with Crippen molar-refractivity contribution in [2.75, 3.05) is 13.7 Å². The van der Waals surface area contributed by atoms with Crippen LogP contribution in [-0.4, -0.2) is 29.0 Å². The zero-order chi connectivity index (χ0) is 22.8. The fourth-order valence-corrected chi connectivity index (χ4v) is 4.19. The predicted molar refractivity (Wildman–Crippen MR) is 131 cm³/mol. The third-order valence-electron chi connectivity index (χ3n) is 6.02. The van der Waals surface area contributed by atoms with Gasteiger partial charge in [-0.1, -0.05) is 69.2 Å². The Bertz CT molecular complexity index is 964. The number of methoxy groups -OCH3 is 1. The molecule has 0 spiro atoms. The number of hydrogen-bond donors (Lipinski definition) is 0. The largest absolute Gasteiger partial charge is 0.497 e. The highest BCUT2D eigenvalue weighted by molar-refractivity contribution is 5.83. The zero-order valence-corrected chi connectivity index (χ0v) is 19.7. The third kappa shape index (κ3) is 6.25. The molecule has 1 amide bonds. The molecule has 0 aliphatic carbocycles. The van der Waals surface area contributed by atoms with Crippen molar-refractivity contribution in [2.45, 2.75) is 58.5 Å². The number of aromatic nitrogens is 1. The number of benzene rings is 2. The smallest absolute Gasteiger partial charge is 0.230 e. The summed E-state index contributed by atoms with van der Waals surface area (Å²) in [7, 11) is 1.69. The van der Waals surface area contributed by atoms with Crippen LogP contribution in [0.3, 0.4) is 0 Å². The van der Waals surface area contributed by atoms with Gasteiger partial charge in [0.15, 0.2) is 0 Å². The molecule has 4 nitrogen and oxygen atoms in total. The highest BCUT2D eigenvalue weighted by atomic mass is 16.5. The molecule has 3 rings (SSSR count). The van der Waals surface area contributed by atoms with Crippen LogP contribution in [0.2, 0.25) is 0 Å². The van der Waals surface area contributed by atoms with Gasteiger partial charge in [-0.05, 0) is 48.2 Å². The summed E-state index contributed by atoms with van der Waals surface area (Å²) in [5, 5.41) is 0. The van der Waals surface area contributed by atoms with Gasteiger partial charge in [-0.3, -0.25) is 4.79 Å². The fraction of sp³-hybridized carbons (Fsp3) is 0.393. The lowest BCUT2D eigenvalue weighted by Gasteiger charge is -2.28. The Balaban J connectivity index is 1.80. The van der Waals surface area contributed by atoms with E-state index in [1.807, 2.05) is 30.3 Å². The van der Waals surface area contributed by atoms with E-state index in [1.54, 1.807) is 7.11 Å². The average molecular weight is 433 g/mol. The highest BCUT2D eigenvalue weighted by Crippen LogP contribution is 2.24. The minimum absolute atomic E-state index is 0.0976. The zero-order valence-electron chi connectivity index (χ0n) is 19.7. The van der Waals surface area contributed by atoms with Crippen molar-refractivity contribution in [1.82, 2.24) is 9.47 Å². The van der Waals surface area contributed by atoms with E-state index in [0.717, 1.165) is 55.8 Å². The van der Waals surface area contributed by atoms with Gasteiger partial charge < -0.3 is 14.2 Å². The molecule has 1 aromatic heterocycles. The van der Waals surface area contributed by atoms with Gasteiger partial charge in [0.1, 0.15) is 5.75 Å². The molecular formula is C28H36N2O2. The molecule has 0 aliphatic rings. The number of nitrogens with zero attached hydrogens (tertiary/aromatic N) is 2. The molecule has 0 unspecified atom stereocenters. The summed E-state index contributed by atoms with van der Waals surface area (Å²) in [5.74, 6) is 0.991. The van der Waals surface area contributed by atoms with E-state index in [0.29, 0.717) is 6.54 Å².